The number of aliphatic hydroxyl groups is 1. The van der Waals surface area contributed by atoms with Crippen molar-refractivity contribution < 1.29 is 10.2 Å². The Bertz CT molecular complexity index is 810. The Morgan fingerprint density at radius 3 is 2.42 bits per heavy atom. The first-order chi connectivity index (χ1) is 12.3. The normalized spacial score (nSPS) is 28.1. The molecule has 1 aromatic heterocycles. The van der Waals surface area contributed by atoms with Crippen molar-refractivity contribution in [2.45, 2.75) is 77.0 Å². The first-order valence-corrected chi connectivity index (χ1v) is 9.40. The predicted octanol–water partition coefficient (Wildman–Crippen LogP) is 1.06. The maximum atomic E-state index is 12.9. The van der Waals surface area contributed by atoms with E-state index in [0.717, 1.165) is 32.1 Å². The highest BCUT2D eigenvalue weighted by Crippen LogP contribution is 2.53. The second-order valence-corrected chi connectivity index (χ2v) is 7.87. The smallest absolute Gasteiger partial charge is 0.334 e. The topological polar surface area (TPSA) is 134 Å². The fraction of sp³-hybridized carbons (Fsp3) is 0.722. The number of aromatic nitrogens is 2. The van der Waals surface area contributed by atoms with Crippen molar-refractivity contribution in [3.63, 3.8) is 0 Å². The van der Waals surface area contributed by atoms with Crippen LogP contribution < -0.4 is 17.0 Å². The van der Waals surface area contributed by atoms with Gasteiger partial charge in [0, 0.05) is 12.6 Å². The van der Waals surface area contributed by atoms with Gasteiger partial charge in [-0.1, -0.05) is 13.3 Å². The van der Waals surface area contributed by atoms with Crippen LogP contribution in [0, 0.1) is 10.8 Å². The molecule has 1 heterocycles. The van der Waals surface area contributed by atoms with Gasteiger partial charge in [0.1, 0.15) is 11.4 Å². The SMILES string of the molecule is CCCCn1c(O)c(C(=N)N)c(=O)n(C2CCC3(CC2)CC(O)C3)c1=O. The van der Waals surface area contributed by atoms with Gasteiger partial charge in [-0.3, -0.25) is 19.3 Å². The minimum absolute atomic E-state index is 0.154. The van der Waals surface area contributed by atoms with Crippen LogP contribution in [0.2, 0.25) is 0 Å². The van der Waals surface area contributed by atoms with Gasteiger partial charge in [-0.25, -0.2) is 4.79 Å². The number of unbranched alkanes of at least 4 members (excludes halogenated alkanes) is 1. The molecule has 2 aliphatic carbocycles. The van der Waals surface area contributed by atoms with Crippen LogP contribution in [-0.2, 0) is 6.54 Å². The van der Waals surface area contributed by atoms with Crippen molar-refractivity contribution in [2.75, 3.05) is 0 Å². The molecule has 8 heteroatoms. The maximum absolute atomic E-state index is 12.9. The Morgan fingerprint density at radius 2 is 1.92 bits per heavy atom. The number of nitrogens with zero attached hydrogens (tertiary/aromatic N) is 2. The Hall–Kier alpha value is -2.09. The summed E-state index contributed by atoms with van der Waals surface area (Å²) in [6.45, 7) is 2.25. The molecular formula is C18H28N4O4. The van der Waals surface area contributed by atoms with Crippen molar-refractivity contribution in [1.82, 2.24) is 9.13 Å². The van der Waals surface area contributed by atoms with Crippen molar-refractivity contribution in [3.8, 4) is 5.88 Å². The van der Waals surface area contributed by atoms with E-state index in [0.29, 0.717) is 19.3 Å². The summed E-state index contributed by atoms with van der Waals surface area (Å²) in [5.74, 6) is -1.03. The van der Waals surface area contributed by atoms with Gasteiger partial charge in [-0.15, -0.1) is 0 Å². The fourth-order valence-corrected chi connectivity index (χ4v) is 4.56. The Kier molecular flexibility index (Phi) is 4.96. The minimum atomic E-state index is -0.678. The highest BCUT2D eigenvalue weighted by molar-refractivity contribution is 5.96. The number of hydrogen-bond donors (Lipinski definition) is 4. The average molecular weight is 364 g/mol. The lowest BCUT2D eigenvalue weighted by Gasteiger charge is -2.49. The molecule has 2 aliphatic rings. The molecule has 0 amide bonds. The summed E-state index contributed by atoms with van der Waals surface area (Å²) in [5, 5.41) is 27.6. The highest BCUT2D eigenvalue weighted by Gasteiger charge is 2.46. The molecule has 0 unspecified atom stereocenters. The molecule has 144 valence electrons. The lowest BCUT2D eigenvalue weighted by molar-refractivity contribution is -0.0610. The lowest BCUT2D eigenvalue weighted by atomic mass is 9.58. The lowest BCUT2D eigenvalue weighted by Crippen LogP contribution is -2.49. The molecule has 26 heavy (non-hydrogen) atoms. The zero-order valence-corrected chi connectivity index (χ0v) is 15.2. The van der Waals surface area contributed by atoms with Crippen LogP contribution in [0.3, 0.4) is 0 Å². The third-order valence-corrected chi connectivity index (χ3v) is 6.07. The van der Waals surface area contributed by atoms with E-state index in [4.69, 9.17) is 11.1 Å². The number of hydrogen-bond acceptors (Lipinski definition) is 5. The van der Waals surface area contributed by atoms with Gasteiger partial charge >= 0.3 is 5.69 Å². The summed E-state index contributed by atoms with van der Waals surface area (Å²) in [6.07, 6.45) is 5.96. The first-order valence-electron chi connectivity index (χ1n) is 9.40. The zero-order valence-electron chi connectivity index (χ0n) is 15.2. The number of aliphatic hydroxyl groups excluding tert-OH is 1. The van der Waals surface area contributed by atoms with Gasteiger partial charge in [0.2, 0.25) is 5.88 Å². The van der Waals surface area contributed by atoms with E-state index in [2.05, 4.69) is 0 Å². The molecule has 0 radical (unpaired) electrons. The second-order valence-electron chi connectivity index (χ2n) is 7.87. The second kappa shape index (κ2) is 6.90. The number of aromatic hydroxyl groups is 1. The molecule has 2 fully saturated rings. The van der Waals surface area contributed by atoms with Crippen LogP contribution in [0.25, 0.3) is 0 Å². The van der Waals surface area contributed by atoms with Gasteiger partial charge < -0.3 is 15.9 Å². The molecule has 8 nitrogen and oxygen atoms in total. The molecule has 0 atom stereocenters. The van der Waals surface area contributed by atoms with Crippen LogP contribution in [0.4, 0.5) is 0 Å². The van der Waals surface area contributed by atoms with E-state index in [-0.39, 0.29) is 29.7 Å². The van der Waals surface area contributed by atoms with Crippen molar-refractivity contribution in [3.05, 3.63) is 26.4 Å². The minimum Gasteiger partial charge on any atom is -0.494 e. The van der Waals surface area contributed by atoms with Crippen LogP contribution in [0.15, 0.2) is 9.59 Å². The molecule has 2 saturated carbocycles. The molecule has 1 spiro atoms. The van der Waals surface area contributed by atoms with Gasteiger partial charge in [-0.2, -0.15) is 0 Å². The quantitative estimate of drug-likeness (QED) is 0.458. The first kappa shape index (κ1) is 18.7. The maximum Gasteiger partial charge on any atom is 0.334 e. The van der Waals surface area contributed by atoms with Crippen LogP contribution >= 0.6 is 0 Å². The molecule has 0 saturated heterocycles. The van der Waals surface area contributed by atoms with Gasteiger partial charge in [-0.05, 0) is 50.4 Å². The summed E-state index contributed by atoms with van der Waals surface area (Å²) in [5.41, 5.74) is 4.17. The third-order valence-electron chi connectivity index (χ3n) is 6.07. The monoisotopic (exact) mass is 364 g/mol. The summed E-state index contributed by atoms with van der Waals surface area (Å²) in [7, 11) is 0. The summed E-state index contributed by atoms with van der Waals surface area (Å²) < 4.78 is 2.35. The van der Waals surface area contributed by atoms with Crippen molar-refractivity contribution >= 4 is 5.84 Å². The molecule has 0 bridgehead atoms. The standard InChI is InChI=1S/C18H28N4O4/c1-2-3-8-21-15(24)13(14(19)20)16(25)22(17(21)26)11-4-6-18(7-5-11)9-12(23)10-18/h11-12,23-24H,2-10H2,1H3,(H3,19,20). The van der Waals surface area contributed by atoms with E-state index in [1.165, 1.54) is 9.13 Å². The molecule has 5 N–H and O–H groups in total. The van der Waals surface area contributed by atoms with E-state index in [1.807, 2.05) is 6.92 Å². The highest BCUT2D eigenvalue weighted by atomic mass is 16.3. The number of rotatable bonds is 5. The van der Waals surface area contributed by atoms with Crippen molar-refractivity contribution in [1.29, 1.82) is 5.41 Å². The third kappa shape index (κ3) is 3.06. The fourth-order valence-electron chi connectivity index (χ4n) is 4.56. The predicted molar refractivity (Wildman–Crippen MR) is 97.7 cm³/mol. The summed E-state index contributed by atoms with van der Waals surface area (Å²) >= 11 is 0. The van der Waals surface area contributed by atoms with Crippen LogP contribution in [0.5, 0.6) is 5.88 Å². The zero-order chi connectivity index (χ0) is 19.1. The van der Waals surface area contributed by atoms with Crippen LogP contribution in [0.1, 0.15) is 69.9 Å². The van der Waals surface area contributed by atoms with Crippen LogP contribution in [-0.4, -0.2) is 31.3 Å². The Balaban J connectivity index is 1.98. The Morgan fingerprint density at radius 1 is 1.31 bits per heavy atom. The molecule has 0 aromatic carbocycles. The number of nitrogens with two attached hydrogens (primary N) is 1. The van der Waals surface area contributed by atoms with Crippen molar-refractivity contribution in [2.24, 2.45) is 11.1 Å². The largest absolute Gasteiger partial charge is 0.494 e. The number of nitrogens with one attached hydrogen (secondary N) is 1. The summed E-state index contributed by atoms with van der Waals surface area (Å²) in [6, 6.07) is -0.259. The van der Waals surface area contributed by atoms with E-state index in [1.54, 1.807) is 0 Å². The van der Waals surface area contributed by atoms with Gasteiger partial charge in [0.05, 0.1) is 6.10 Å². The number of amidine groups is 1. The van der Waals surface area contributed by atoms with Gasteiger partial charge in [0.25, 0.3) is 5.56 Å². The van der Waals surface area contributed by atoms with E-state index < -0.39 is 23.0 Å². The molecule has 0 aliphatic heterocycles. The molecular weight excluding hydrogens is 336 g/mol. The summed E-state index contributed by atoms with van der Waals surface area (Å²) in [4.78, 5) is 25.7. The van der Waals surface area contributed by atoms with Gasteiger partial charge in [0.15, 0.2) is 0 Å². The molecule has 3 rings (SSSR count). The Labute approximate surface area is 151 Å². The van der Waals surface area contributed by atoms with E-state index >= 15 is 0 Å². The number of nitrogen functional groups attached to an aromatic ring is 1. The average Bonchev–Trinajstić information content (AvgIpc) is 2.55. The molecule has 1 aromatic rings. The van der Waals surface area contributed by atoms with E-state index in [9.17, 15) is 19.8 Å².